The van der Waals surface area contributed by atoms with Crippen molar-refractivity contribution in [2.75, 3.05) is 38.8 Å². The van der Waals surface area contributed by atoms with Crippen molar-refractivity contribution >= 4 is 40.3 Å². The topological polar surface area (TPSA) is 54.4 Å². The van der Waals surface area contributed by atoms with E-state index < -0.39 is 0 Å². The van der Waals surface area contributed by atoms with Crippen molar-refractivity contribution in [3.63, 3.8) is 0 Å². The molecule has 1 amide bonds. The molecular weight excluding hydrogens is 410 g/mol. The van der Waals surface area contributed by atoms with Gasteiger partial charge in [0, 0.05) is 37.0 Å². The van der Waals surface area contributed by atoms with Crippen LogP contribution in [-0.4, -0.2) is 49.8 Å². The van der Waals surface area contributed by atoms with Gasteiger partial charge in [-0.1, -0.05) is 0 Å². The Hall–Kier alpha value is -2.93. The Balaban J connectivity index is 1.92. The molecule has 31 heavy (non-hydrogen) atoms. The zero-order valence-electron chi connectivity index (χ0n) is 18.7. The maximum atomic E-state index is 13.0. The number of aliphatic imine (C=N–C) groups is 1. The van der Waals surface area contributed by atoms with Crippen molar-refractivity contribution < 1.29 is 14.3 Å². The summed E-state index contributed by atoms with van der Waals surface area (Å²) in [7, 11) is 3.28. The van der Waals surface area contributed by atoms with E-state index in [0.29, 0.717) is 16.6 Å². The van der Waals surface area contributed by atoms with E-state index in [4.69, 9.17) is 9.47 Å². The predicted octanol–water partition coefficient (Wildman–Crippen LogP) is 5.17. The number of anilines is 1. The summed E-state index contributed by atoms with van der Waals surface area (Å²) in [5, 5.41) is 0.669. The first-order chi connectivity index (χ1) is 15.0. The molecule has 164 valence electrons. The van der Waals surface area contributed by atoms with Crippen molar-refractivity contribution in [1.82, 2.24) is 4.90 Å². The number of nitrogens with zero attached hydrogens (tertiary/aromatic N) is 3. The van der Waals surface area contributed by atoms with Gasteiger partial charge >= 0.3 is 0 Å². The largest absolute Gasteiger partial charge is 0.497 e. The molecule has 0 bridgehead atoms. The van der Waals surface area contributed by atoms with Gasteiger partial charge < -0.3 is 14.4 Å². The molecule has 0 radical (unpaired) electrons. The van der Waals surface area contributed by atoms with Gasteiger partial charge in [0.05, 0.1) is 24.8 Å². The fourth-order valence-electron chi connectivity index (χ4n) is 3.38. The Bertz CT molecular complexity index is 982. The lowest BCUT2D eigenvalue weighted by molar-refractivity contribution is -0.122. The lowest BCUT2D eigenvalue weighted by atomic mass is 10.1. The van der Waals surface area contributed by atoms with E-state index in [1.54, 1.807) is 19.1 Å². The average molecular weight is 440 g/mol. The third-order valence-corrected chi connectivity index (χ3v) is 6.14. The second-order valence-electron chi connectivity index (χ2n) is 6.85. The maximum Gasteiger partial charge on any atom is 0.266 e. The van der Waals surface area contributed by atoms with E-state index in [0.717, 1.165) is 41.5 Å². The molecule has 1 fully saturated rings. The molecule has 1 aliphatic rings. The Labute approximate surface area is 188 Å². The highest BCUT2D eigenvalue weighted by molar-refractivity contribution is 8.18. The van der Waals surface area contributed by atoms with Crippen LogP contribution in [0.4, 0.5) is 11.4 Å². The summed E-state index contributed by atoms with van der Waals surface area (Å²) in [4.78, 5) is 22.3. The second kappa shape index (κ2) is 10.4. The molecule has 0 aliphatic carbocycles. The van der Waals surface area contributed by atoms with Crippen molar-refractivity contribution in [2.24, 2.45) is 4.99 Å². The van der Waals surface area contributed by atoms with E-state index in [2.05, 4.69) is 29.8 Å². The fourth-order valence-corrected chi connectivity index (χ4v) is 4.44. The lowest BCUT2D eigenvalue weighted by Gasteiger charge is -2.22. The molecular formula is C24H29N3O3S. The number of carbonyl (C=O) groups excluding carboxylic acids is 1. The van der Waals surface area contributed by atoms with Crippen LogP contribution < -0.4 is 14.4 Å². The number of hydrogen-bond donors (Lipinski definition) is 0. The summed E-state index contributed by atoms with van der Waals surface area (Å²) in [6.07, 6.45) is 1.89. The number of carbonyl (C=O) groups is 1. The number of rotatable bonds is 8. The van der Waals surface area contributed by atoms with Gasteiger partial charge in [-0.2, -0.15) is 0 Å². The number of amidine groups is 1. The highest BCUT2D eigenvalue weighted by atomic mass is 32.2. The van der Waals surface area contributed by atoms with Crippen LogP contribution in [-0.2, 0) is 4.79 Å². The number of amides is 1. The summed E-state index contributed by atoms with van der Waals surface area (Å²) in [6, 6.07) is 13.6. The van der Waals surface area contributed by atoms with Crippen LogP contribution >= 0.6 is 11.8 Å². The number of hydrogen-bond acceptors (Lipinski definition) is 6. The number of methoxy groups -OCH3 is 2. The van der Waals surface area contributed by atoms with Crippen LogP contribution in [0.15, 0.2) is 52.4 Å². The normalized spacial score (nSPS) is 16.3. The predicted molar refractivity (Wildman–Crippen MR) is 130 cm³/mol. The molecule has 2 aromatic carbocycles. The highest BCUT2D eigenvalue weighted by Crippen LogP contribution is 2.36. The van der Waals surface area contributed by atoms with Crippen LogP contribution in [0.3, 0.4) is 0 Å². The molecule has 0 unspecified atom stereocenters. The van der Waals surface area contributed by atoms with Crippen molar-refractivity contribution in [3.05, 3.63) is 52.9 Å². The fraction of sp³-hybridized carbons (Fsp3) is 0.333. The highest BCUT2D eigenvalue weighted by Gasteiger charge is 2.32. The van der Waals surface area contributed by atoms with Crippen LogP contribution in [0.25, 0.3) is 6.08 Å². The molecule has 0 saturated carbocycles. The first kappa shape index (κ1) is 22.7. The number of ether oxygens (including phenoxy) is 2. The van der Waals surface area contributed by atoms with Crippen LogP contribution in [0, 0.1) is 0 Å². The summed E-state index contributed by atoms with van der Waals surface area (Å²) in [6.45, 7) is 8.60. The van der Waals surface area contributed by atoms with Gasteiger partial charge in [-0.25, -0.2) is 4.99 Å². The molecule has 3 rings (SSSR count). The van der Waals surface area contributed by atoms with Crippen LogP contribution in [0.1, 0.15) is 26.3 Å². The summed E-state index contributed by atoms with van der Waals surface area (Å²) in [5.74, 6) is 1.47. The van der Waals surface area contributed by atoms with Crippen LogP contribution in [0.2, 0.25) is 0 Å². The Morgan fingerprint density at radius 2 is 1.74 bits per heavy atom. The van der Waals surface area contributed by atoms with Gasteiger partial charge in [0.2, 0.25) is 0 Å². The number of likely N-dealkylation sites (N-methyl/N-ethyl adjacent to an activating group) is 1. The van der Waals surface area contributed by atoms with Crippen molar-refractivity contribution in [3.8, 4) is 11.5 Å². The molecule has 7 heteroatoms. The van der Waals surface area contributed by atoms with Gasteiger partial charge in [-0.05, 0) is 75.0 Å². The van der Waals surface area contributed by atoms with Gasteiger partial charge in [0.25, 0.3) is 5.91 Å². The minimum absolute atomic E-state index is 0.0466. The molecule has 1 heterocycles. The molecule has 0 aromatic heterocycles. The smallest absolute Gasteiger partial charge is 0.266 e. The van der Waals surface area contributed by atoms with Gasteiger partial charge in [-0.15, -0.1) is 0 Å². The Kier molecular flexibility index (Phi) is 7.63. The van der Waals surface area contributed by atoms with E-state index in [9.17, 15) is 4.79 Å². The minimum atomic E-state index is -0.0466. The molecule has 0 atom stereocenters. The average Bonchev–Trinajstić information content (AvgIpc) is 3.09. The SMILES string of the molecule is CCN1C(=O)/C(=C\c2ccc(N(CC)CC)cc2OC)SC1=Nc1ccc(OC)cc1. The van der Waals surface area contributed by atoms with Crippen molar-refractivity contribution in [2.45, 2.75) is 20.8 Å². The Morgan fingerprint density at radius 1 is 1.03 bits per heavy atom. The molecule has 1 saturated heterocycles. The maximum absolute atomic E-state index is 13.0. The summed E-state index contributed by atoms with van der Waals surface area (Å²) in [5.41, 5.74) is 2.75. The monoisotopic (exact) mass is 439 g/mol. The quantitative estimate of drug-likeness (QED) is 0.531. The lowest BCUT2D eigenvalue weighted by Crippen LogP contribution is -2.28. The zero-order valence-corrected chi connectivity index (χ0v) is 19.5. The molecule has 0 spiro atoms. The Morgan fingerprint density at radius 3 is 2.32 bits per heavy atom. The molecule has 0 N–H and O–H groups in total. The van der Waals surface area contributed by atoms with Crippen molar-refractivity contribution in [1.29, 1.82) is 0 Å². The first-order valence-corrected chi connectivity index (χ1v) is 11.2. The summed E-state index contributed by atoms with van der Waals surface area (Å²) >= 11 is 1.38. The molecule has 6 nitrogen and oxygen atoms in total. The molecule has 1 aliphatic heterocycles. The zero-order chi connectivity index (χ0) is 22.4. The van der Waals surface area contributed by atoms with Crippen LogP contribution in [0.5, 0.6) is 11.5 Å². The van der Waals surface area contributed by atoms with E-state index in [1.165, 1.54) is 11.8 Å². The third-order valence-electron chi connectivity index (χ3n) is 5.13. The summed E-state index contributed by atoms with van der Waals surface area (Å²) < 4.78 is 10.8. The molecule has 2 aromatic rings. The minimum Gasteiger partial charge on any atom is -0.497 e. The van der Waals surface area contributed by atoms with E-state index in [-0.39, 0.29) is 5.91 Å². The van der Waals surface area contributed by atoms with Gasteiger partial charge in [-0.3, -0.25) is 9.69 Å². The van der Waals surface area contributed by atoms with Gasteiger partial charge in [0.1, 0.15) is 11.5 Å². The van der Waals surface area contributed by atoms with E-state index >= 15 is 0 Å². The number of thioether (sulfide) groups is 1. The second-order valence-corrected chi connectivity index (χ2v) is 7.86. The standard InChI is InChI=1S/C24H29N3O3S/c1-6-26(7-2)19-12-9-17(21(16-19)30-5)15-22-23(28)27(8-3)24(31-22)25-18-10-13-20(29-4)14-11-18/h9-16H,6-8H2,1-5H3/b22-15+,25-24?. The first-order valence-electron chi connectivity index (χ1n) is 10.4. The number of benzene rings is 2. The van der Waals surface area contributed by atoms with E-state index in [1.807, 2.05) is 49.4 Å². The third kappa shape index (κ3) is 5.05. The van der Waals surface area contributed by atoms with Gasteiger partial charge in [0.15, 0.2) is 5.17 Å².